The van der Waals surface area contributed by atoms with Gasteiger partial charge in [-0.2, -0.15) is 0 Å². The number of ether oxygens (including phenoxy) is 1. The van der Waals surface area contributed by atoms with E-state index in [0.717, 1.165) is 5.88 Å². The molecule has 9 heteroatoms. The molecule has 1 aromatic heterocycles. The van der Waals surface area contributed by atoms with Gasteiger partial charge in [0, 0.05) is 32.3 Å². The van der Waals surface area contributed by atoms with Crippen LogP contribution in [0.1, 0.15) is 44.1 Å². The number of nitrogens with zero attached hydrogens (tertiary/aromatic N) is 2. The molecule has 2 aliphatic rings. The van der Waals surface area contributed by atoms with Crippen LogP contribution in [0.5, 0.6) is 5.88 Å². The molecule has 0 spiro atoms. The Morgan fingerprint density at radius 1 is 1.27 bits per heavy atom. The maximum atomic E-state index is 11.5. The summed E-state index contributed by atoms with van der Waals surface area (Å²) in [4.78, 5) is 38.7. The molecule has 1 aromatic rings. The number of hydrogen-bond acceptors (Lipinski definition) is 6. The number of carboxylic acids is 1. The minimum atomic E-state index is -1.22. The van der Waals surface area contributed by atoms with Gasteiger partial charge in [-0.05, 0) is 38.2 Å². The van der Waals surface area contributed by atoms with Crippen molar-refractivity contribution in [3.63, 3.8) is 0 Å². The van der Waals surface area contributed by atoms with Crippen LogP contribution in [-0.4, -0.2) is 64.1 Å². The third-order valence-electron chi connectivity index (χ3n) is 4.88. The van der Waals surface area contributed by atoms with Crippen LogP contribution in [0.3, 0.4) is 0 Å². The molecule has 30 heavy (non-hydrogen) atoms. The number of rotatable bonds is 5. The van der Waals surface area contributed by atoms with Crippen molar-refractivity contribution < 1.29 is 29.3 Å². The summed E-state index contributed by atoms with van der Waals surface area (Å²) in [6.45, 7) is 1.78. The van der Waals surface area contributed by atoms with E-state index in [1.807, 2.05) is 30.6 Å². The number of aliphatic carboxylic acids is 1. The molecule has 1 aliphatic heterocycles. The Balaban J connectivity index is 0.000000215. The number of aliphatic hydroxyl groups is 1. The SMILES string of the molecule is CN1CCC(O)=C(C(=O)NCC(=O)O)C1=O.Cc1ccc(OC2CCCCC2)nc1. The lowest BCUT2D eigenvalue weighted by atomic mass is 9.98. The molecule has 0 saturated heterocycles. The van der Waals surface area contributed by atoms with Gasteiger partial charge in [0.1, 0.15) is 24.0 Å². The van der Waals surface area contributed by atoms with E-state index in [1.54, 1.807) is 0 Å². The first-order valence-electron chi connectivity index (χ1n) is 10.0. The summed E-state index contributed by atoms with van der Waals surface area (Å²) in [5.41, 5.74) is 0.802. The van der Waals surface area contributed by atoms with Gasteiger partial charge in [0.25, 0.3) is 11.8 Å². The Bertz CT molecular complexity index is 784. The quantitative estimate of drug-likeness (QED) is 0.622. The zero-order valence-corrected chi connectivity index (χ0v) is 17.4. The number of carbonyl (C=O) groups is 3. The van der Waals surface area contributed by atoms with Gasteiger partial charge in [-0.15, -0.1) is 0 Å². The molecule has 3 N–H and O–H groups in total. The highest BCUT2D eigenvalue weighted by Crippen LogP contribution is 2.22. The fourth-order valence-electron chi connectivity index (χ4n) is 3.16. The molecular weight excluding hydrogens is 390 g/mol. The van der Waals surface area contributed by atoms with Crippen LogP contribution in [0.2, 0.25) is 0 Å². The zero-order valence-electron chi connectivity index (χ0n) is 17.4. The predicted octanol–water partition coefficient (Wildman–Crippen LogP) is 1.96. The zero-order chi connectivity index (χ0) is 22.1. The molecule has 1 fully saturated rings. The monoisotopic (exact) mass is 419 g/mol. The highest BCUT2D eigenvalue weighted by atomic mass is 16.5. The summed E-state index contributed by atoms with van der Waals surface area (Å²) in [5.74, 6) is -2.21. The maximum absolute atomic E-state index is 11.5. The largest absolute Gasteiger partial charge is 0.511 e. The Kier molecular flexibility index (Phi) is 8.64. The van der Waals surface area contributed by atoms with Crippen LogP contribution in [0.4, 0.5) is 0 Å². The number of nitrogens with one attached hydrogen (secondary N) is 1. The number of hydrogen-bond donors (Lipinski definition) is 3. The molecule has 0 unspecified atom stereocenters. The molecule has 1 saturated carbocycles. The van der Waals surface area contributed by atoms with Crippen LogP contribution in [0.25, 0.3) is 0 Å². The first-order valence-corrected chi connectivity index (χ1v) is 10.0. The number of likely N-dealkylation sites (N-methyl/N-ethyl adjacent to an activating group) is 1. The van der Waals surface area contributed by atoms with Gasteiger partial charge in [0.05, 0.1) is 0 Å². The number of pyridine rings is 1. The van der Waals surface area contributed by atoms with Gasteiger partial charge in [-0.1, -0.05) is 12.5 Å². The van der Waals surface area contributed by atoms with Crippen molar-refractivity contribution in [2.24, 2.45) is 0 Å². The van der Waals surface area contributed by atoms with Crippen molar-refractivity contribution in [3.05, 3.63) is 35.2 Å². The first kappa shape index (κ1) is 23.2. The van der Waals surface area contributed by atoms with Crippen LogP contribution >= 0.6 is 0 Å². The van der Waals surface area contributed by atoms with Crippen LogP contribution in [0.15, 0.2) is 29.7 Å². The van der Waals surface area contributed by atoms with E-state index in [9.17, 15) is 19.5 Å². The fourth-order valence-corrected chi connectivity index (χ4v) is 3.16. The van der Waals surface area contributed by atoms with Crippen LogP contribution < -0.4 is 10.1 Å². The second-order valence-electron chi connectivity index (χ2n) is 7.43. The lowest BCUT2D eigenvalue weighted by Gasteiger charge is -2.23. The van der Waals surface area contributed by atoms with E-state index in [2.05, 4.69) is 4.98 Å². The van der Waals surface area contributed by atoms with Gasteiger partial charge in [-0.3, -0.25) is 14.4 Å². The molecule has 1 aliphatic carbocycles. The smallest absolute Gasteiger partial charge is 0.322 e. The second kappa shape index (κ2) is 11.2. The lowest BCUT2D eigenvalue weighted by Crippen LogP contribution is -2.41. The summed E-state index contributed by atoms with van der Waals surface area (Å²) in [6, 6.07) is 4.01. The molecule has 9 nitrogen and oxygen atoms in total. The van der Waals surface area contributed by atoms with Gasteiger partial charge in [0.2, 0.25) is 5.88 Å². The summed E-state index contributed by atoms with van der Waals surface area (Å²) in [6.07, 6.45) is 8.80. The summed E-state index contributed by atoms with van der Waals surface area (Å²) >= 11 is 0. The Morgan fingerprint density at radius 2 is 1.97 bits per heavy atom. The second-order valence-corrected chi connectivity index (χ2v) is 7.43. The molecule has 0 aromatic carbocycles. The molecule has 0 radical (unpaired) electrons. The number of carbonyl (C=O) groups excluding carboxylic acids is 2. The standard InChI is InChI=1S/C12H17NO.C9H12N2O5/c1-10-7-8-12(13-9-10)14-11-5-3-2-4-6-11;1-11-3-2-5(12)7(9(11)16)8(15)10-4-6(13)14/h7-9,11H,2-6H2,1H3;12H,2-4H2,1H3,(H,10,15)(H,13,14). The Labute approximate surface area is 175 Å². The van der Waals surface area contributed by atoms with Crippen molar-refractivity contribution >= 4 is 17.8 Å². The Hall–Kier alpha value is -3.10. The van der Waals surface area contributed by atoms with Crippen molar-refractivity contribution in [2.45, 2.75) is 51.6 Å². The number of carboxylic acid groups (broad SMARTS) is 1. The highest BCUT2D eigenvalue weighted by Gasteiger charge is 2.30. The molecule has 164 valence electrons. The number of amides is 2. The third kappa shape index (κ3) is 7.06. The molecule has 0 bridgehead atoms. The normalized spacial score (nSPS) is 17.1. The number of aryl methyl sites for hydroxylation is 1. The highest BCUT2D eigenvalue weighted by molar-refractivity contribution is 6.19. The van der Waals surface area contributed by atoms with Crippen molar-refractivity contribution in [1.29, 1.82) is 0 Å². The summed E-state index contributed by atoms with van der Waals surface area (Å²) < 4.78 is 5.80. The summed E-state index contributed by atoms with van der Waals surface area (Å²) in [7, 11) is 1.50. The first-order chi connectivity index (χ1) is 14.3. The molecular formula is C21H29N3O6. The van der Waals surface area contributed by atoms with E-state index in [4.69, 9.17) is 9.84 Å². The van der Waals surface area contributed by atoms with Crippen molar-refractivity contribution in [2.75, 3.05) is 20.1 Å². The minimum Gasteiger partial charge on any atom is -0.511 e. The van der Waals surface area contributed by atoms with E-state index >= 15 is 0 Å². The van der Waals surface area contributed by atoms with E-state index in [1.165, 1.54) is 49.6 Å². The van der Waals surface area contributed by atoms with Gasteiger partial charge < -0.3 is 25.2 Å². The Morgan fingerprint density at radius 3 is 2.57 bits per heavy atom. The molecule has 0 atom stereocenters. The topological polar surface area (TPSA) is 129 Å². The number of aliphatic hydroxyl groups excluding tert-OH is 1. The number of aromatic nitrogens is 1. The van der Waals surface area contributed by atoms with Crippen LogP contribution in [0, 0.1) is 6.92 Å². The van der Waals surface area contributed by atoms with E-state index in [-0.39, 0.29) is 17.8 Å². The predicted molar refractivity (Wildman–Crippen MR) is 109 cm³/mol. The fraction of sp³-hybridized carbons (Fsp3) is 0.524. The lowest BCUT2D eigenvalue weighted by molar-refractivity contribution is -0.138. The summed E-state index contributed by atoms with van der Waals surface area (Å²) in [5, 5.41) is 19.8. The van der Waals surface area contributed by atoms with E-state index < -0.39 is 24.3 Å². The average molecular weight is 419 g/mol. The third-order valence-corrected chi connectivity index (χ3v) is 4.88. The van der Waals surface area contributed by atoms with Crippen LogP contribution in [-0.2, 0) is 14.4 Å². The molecule has 2 heterocycles. The van der Waals surface area contributed by atoms with Gasteiger partial charge in [0.15, 0.2) is 0 Å². The molecule has 2 amide bonds. The van der Waals surface area contributed by atoms with Crippen molar-refractivity contribution in [1.82, 2.24) is 15.2 Å². The van der Waals surface area contributed by atoms with E-state index in [0.29, 0.717) is 12.6 Å². The maximum Gasteiger partial charge on any atom is 0.322 e. The minimum absolute atomic E-state index is 0.193. The van der Waals surface area contributed by atoms with Crippen molar-refractivity contribution in [3.8, 4) is 5.88 Å². The average Bonchev–Trinajstić information content (AvgIpc) is 2.72. The van der Waals surface area contributed by atoms with Gasteiger partial charge in [-0.25, -0.2) is 4.98 Å². The van der Waals surface area contributed by atoms with Gasteiger partial charge >= 0.3 is 5.97 Å². The molecule has 3 rings (SSSR count).